The van der Waals surface area contributed by atoms with Crippen molar-refractivity contribution in [3.63, 3.8) is 0 Å². The van der Waals surface area contributed by atoms with Gasteiger partial charge in [0, 0.05) is 25.0 Å². The Morgan fingerprint density at radius 1 is 1.00 bits per heavy atom. The van der Waals surface area contributed by atoms with Gasteiger partial charge in [-0.05, 0) is 44.2 Å². The molecule has 0 fully saturated rings. The number of benzene rings is 2. The van der Waals surface area contributed by atoms with Crippen molar-refractivity contribution in [2.24, 2.45) is 12.8 Å². The van der Waals surface area contributed by atoms with Crippen LogP contribution in [-0.2, 0) is 11.8 Å². The van der Waals surface area contributed by atoms with Crippen molar-refractivity contribution in [3.05, 3.63) is 112 Å². The van der Waals surface area contributed by atoms with Gasteiger partial charge in [-0.3, -0.25) is 23.6 Å². The molecule has 0 saturated heterocycles. The molecule has 224 valence electrons. The normalized spacial score (nSPS) is 12.4. The summed E-state index contributed by atoms with van der Waals surface area (Å²) in [6.07, 6.45) is 4.75. The predicted molar refractivity (Wildman–Crippen MR) is 167 cm³/mol. The molecule has 4 aromatic heterocycles. The second-order valence-electron chi connectivity index (χ2n) is 10.4. The number of para-hydroxylation sites is 1. The van der Waals surface area contributed by atoms with Gasteiger partial charge in [-0.2, -0.15) is 5.10 Å². The first-order valence-corrected chi connectivity index (χ1v) is 14.0. The number of aromatic nitrogens is 7. The number of carbonyl (C=O) groups is 2. The van der Waals surface area contributed by atoms with Crippen LogP contribution in [0, 0.1) is 11.8 Å². The summed E-state index contributed by atoms with van der Waals surface area (Å²) >= 11 is 0. The van der Waals surface area contributed by atoms with Gasteiger partial charge in [0.15, 0.2) is 11.5 Å². The molecule has 0 spiro atoms. The molecule has 0 radical (unpaired) electrons. The number of hydrogen-bond acceptors (Lipinski definition) is 8. The molecule has 6 aromatic rings. The van der Waals surface area contributed by atoms with E-state index in [1.54, 1.807) is 92.7 Å². The largest absolute Gasteiger partial charge is 0.381 e. The number of nitrogen functional groups attached to an aromatic ring is 1. The zero-order chi connectivity index (χ0) is 31.8. The fourth-order valence-electron chi connectivity index (χ4n) is 5.25. The van der Waals surface area contributed by atoms with Crippen molar-refractivity contribution in [2.75, 3.05) is 5.73 Å². The quantitative estimate of drug-likeness (QED) is 0.243. The first kappa shape index (κ1) is 28.8. The fraction of sp³-hybridized carbons (Fsp3) is 0.156. The molecule has 1 unspecified atom stereocenters. The minimum atomic E-state index is -0.740. The average Bonchev–Trinajstić information content (AvgIpc) is 3.57. The summed E-state index contributed by atoms with van der Waals surface area (Å²) in [6, 6.07) is 15.1. The van der Waals surface area contributed by atoms with Gasteiger partial charge in [0.25, 0.3) is 11.5 Å². The van der Waals surface area contributed by atoms with Crippen molar-refractivity contribution < 1.29 is 9.59 Å². The van der Waals surface area contributed by atoms with E-state index in [1.165, 1.54) is 9.08 Å². The smallest absolute Gasteiger partial charge is 0.267 e. The molecule has 0 aliphatic heterocycles. The van der Waals surface area contributed by atoms with E-state index in [4.69, 9.17) is 16.5 Å². The zero-order valence-electron chi connectivity index (χ0n) is 24.6. The summed E-state index contributed by atoms with van der Waals surface area (Å²) in [5.74, 6) is 4.84. The summed E-state index contributed by atoms with van der Waals surface area (Å²) < 4.78 is 4.45. The minimum absolute atomic E-state index is 0.0236. The maximum absolute atomic E-state index is 14.3. The molecular weight excluding hydrogens is 572 g/mol. The van der Waals surface area contributed by atoms with Gasteiger partial charge < -0.3 is 16.8 Å². The van der Waals surface area contributed by atoms with Crippen molar-refractivity contribution in [2.45, 2.75) is 25.8 Å². The maximum Gasteiger partial charge on any atom is 0.267 e. The minimum Gasteiger partial charge on any atom is -0.381 e. The van der Waals surface area contributed by atoms with E-state index in [-0.39, 0.29) is 16.9 Å². The third kappa shape index (κ3) is 5.14. The van der Waals surface area contributed by atoms with E-state index < -0.39 is 23.8 Å². The highest BCUT2D eigenvalue weighted by molar-refractivity contribution is 6.04. The van der Waals surface area contributed by atoms with Gasteiger partial charge in [-0.1, -0.05) is 36.1 Å². The number of hydrogen-bond donors (Lipinski definition) is 3. The van der Waals surface area contributed by atoms with Gasteiger partial charge in [-0.25, -0.2) is 14.5 Å². The van der Waals surface area contributed by atoms with Crippen LogP contribution in [0.25, 0.3) is 22.2 Å². The summed E-state index contributed by atoms with van der Waals surface area (Å²) in [5.41, 5.74) is 14.1. The molecule has 5 N–H and O–H groups in total. The summed E-state index contributed by atoms with van der Waals surface area (Å²) in [6.45, 7) is 3.42. The fourth-order valence-corrected chi connectivity index (χ4v) is 5.25. The maximum atomic E-state index is 14.3. The van der Waals surface area contributed by atoms with Gasteiger partial charge >= 0.3 is 0 Å². The van der Waals surface area contributed by atoms with Gasteiger partial charge in [0.2, 0.25) is 5.91 Å². The van der Waals surface area contributed by atoms with Crippen LogP contribution in [0.15, 0.2) is 78.0 Å². The van der Waals surface area contributed by atoms with Crippen LogP contribution in [-0.4, -0.2) is 45.7 Å². The lowest BCUT2D eigenvalue weighted by Crippen LogP contribution is -2.33. The van der Waals surface area contributed by atoms with Crippen LogP contribution < -0.4 is 22.3 Å². The van der Waals surface area contributed by atoms with Crippen LogP contribution in [0.4, 0.5) is 5.82 Å². The monoisotopic (exact) mass is 600 g/mol. The number of primary amides is 1. The molecule has 0 bridgehead atoms. The number of aryl methyl sites for hydroxylation is 1. The Bertz CT molecular complexity index is 2240. The lowest BCUT2D eigenvalue weighted by Gasteiger charge is -2.20. The van der Waals surface area contributed by atoms with E-state index in [2.05, 4.69) is 32.3 Å². The SMILES string of the molecule is CC(C(N)=O)c1c(C#Cc2cccc3nc([C@H](C)NC(=O)c4c(N)nn5cccnc45)n(-c4ccccc4)c(=O)c23)cnn1C. The number of nitrogens with zero attached hydrogens (tertiary/aromatic N) is 7. The molecule has 45 heavy (non-hydrogen) atoms. The number of carbonyl (C=O) groups excluding carboxylic acids is 2. The van der Waals surface area contributed by atoms with Crippen molar-refractivity contribution >= 4 is 34.2 Å². The number of rotatable bonds is 6. The lowest BCUT2D eigenvalue weighted by molar-refractivity contribution is -0.119. The third-order valence-electron chi connectivity index (χ3n) is 7.48. The van der Waals surface area contributed by atoms with Gasteiger partial charge in [-0.15, -0.1) is 5.10 Å². The van der Waals surface area contributed by atoms with Crippen LogP contribution in [0.5, 0.6) is 0 Å². The molecule has 2 aromatic carbocycles. The lowest BCUT2D eigenvalue weighted by atomic mass is 10.0. The highest BCUT2D eigenvalue weighted by atomic mass is 16.2. The van der Waals surface area contributed by atoms with Gasteiger partial charge in [0.05, 0.1) is 46.0 Å². The van der Waals surface area contributed by atoms with Crippen molar-refractivity contribution in [1.82, 2.24) is 39.2 Å². The predicted octanol–water partition coefficient (Wildman–Crippen LogP) is 2.22. The van der Waals surface area contributed by atoms with Crippen molar-refractivity contribution in [1.29, 1.82) is 0 Å². The molecule has 6 rings (SSSR count). The zero-order valence-corrected chi connectivity index (χ0v) is 24.6. The Labute approximate surface area is 256 Å². The molecule has 2 amide bonds. The number of amides is 2. The highest BCUT2D eigenvalue weighted by Gasteiger charge is 2.25. The molecule has 13 heteroatoms. The highest BCUT2D eigenvalue weighted by Crippen LogP contribution is 2.23. The number of anilines is 1. The summed E-state index contributed by atoms with van der Waals surface area (Å²) in [4.78, 5) is 48.8. The number of nitrogens with one attached hydrogen (secondary N) is 1. The first-order valence-electron chi connectivity index (χ1n) is 14.0. The molecule has 2 atom stereocenters. The van der Waals surface area contributed by atoms with Gasteiger partial charge in [0.1, 0.15) is 11.4 Å². The topological polar surface area (TPSA) is 181 Å². The molecule has 0 aliphatic rings. The molecule has 0 saturated carbocycles. The Balaban J connectivity index is 1.47. The Kier molecular flexibility index (Phi) is 7.31. The van der Waals surface area contributed by atoms with Crippen molar-refractivity contribution in [3.8, 4) is 17.5 Å². The number of nitrogens with two attached hydrogens (primary N) is 2. The second-order valence-corrected chi connectivity index (χ2v) is 10.4. The van der Waals surface area contributed by atoms with Crippen LogP contribution in [0.3, 0.4) is 0 Å². The van der Waals surface area contributed by atoms with Crippen LogP contribution >= 0.6 is 0 Å². The van der Waals surface area contributed by atoms with E-state index in [1.807, 2.05) is 6.07 Å². The average molecular weight is 601 g/mol. The van der Waals surface area contributed by atoms with E-state index in [9.17, 15) is 14.4 Å². The second kappa shape index (κ2) is 11.4. The standard InChI is InChI=1S/C32H28N10O3/c1-18(28(34)43)26-21(17-36-40(26)3)14-13-20-9-7-12-23-24(20)32(45)42(22-10-5-4-6-11-22)29(38-23)19(2)37-31(44)25-27(33)39-41-16-8-15-35-30(25)41/h4-12,15-19H,1-3H3,(H2,33,39)(H2,34,43)(H,37,44)/t18?,19-/m0/s1. The Hall–Kier alpha value is -6.29. The van der Waals surface area contributed by atoms with E-state index >= 15 is 0 Å². The molecule has 0 aliphatic carbocycles. The number of fused-ring (bicyclic) bond motifs is 2. The van der Waals surface area contributed by atoms with E-state index in [0.717, 1.165) is 0 Å². The first-order chi connectivity index (χ1) is 21.7. The summed E-state index contributed by atoms with van der Waals surface area (Å²) in [7, 11) is 1.71. The van der Waals surface area contributed by atoms with Crippen LogP contribution in [0.1, 0.15) is 58.8 Å². The van der Waals surface area contributed by atoms with E-state index in [0.29, 0.717) is 44.9 Å². The summed E-state index contributed by atoms with van der Waals surface area (Å²) in [5, 5.41) is 11.6. The Morgan fingerprint density at radius 3 is 2.51 bits per heavy atom. The molecule has 13 nitrogen and oxygen atoms in total. The third-order valence-corrected chi connectivity index (χ3v) is 7.48. The molecule has 4 heterocycles. The van der Waals surface area contributed by atoms with Crippen LogP contribution in [0.2, 0.25) is 0 Å². The molecular formula is C32H28N10O3. The Morgan fingerprint density at radius 2 is 1.76 bits per heavy atom.